The largest absolute Gasteiger partial charge is 0.449 e. The van der Waals surface area contributed by atoms with Gasteiger partial charge in [0.1, 0.15) is 22.6 Å². The van der Waals surface area contributed by atoms with Gasteiger partial charge in [-0.2, -0.15) is 5.10 Å². The molecule has 1 N–H and O–H groups in total. The molecule has 166 valence electrons. The zero-order valence-corrected chi connectivity index (χ0v) is 17.7. The molecule has 2 aromatic carbocycles. The van der Waals surface area contributed by atoms with Crippen molar-refractivity contribution >= 4 is 35.2 Å². The fraction of sp³-hybridized carbons (Fsp3) is 0.136. The van der Waals surface area contributed by atoms with Crippen LogP contribution in [0.4, 0.5) is 18.9 Å². The summed E-state index contributed by atoms with van der Waals surface area (Å²) >= 11 is 6.33. The Labute approximate surface area is 186 Å². The minimum atomic E-state index is -1.28. The maximum absolute atomic E-state index is 13.6. The van der Waals surface area contributed by atoms with E-state index in [-0.39, 0.29) is 10.8 Å². The van der Waals surface area contributed by atoms with Gasteiger partial charge >= 0.3 is 5.97 Å². The Hall–Kier alpha value is -3.59. The third-order valence-electron chi connectivity index (χ3n) is 4.35. The van der Waals surface area contributed by atoms with E-state index in [1.807, 2.05) is 0 Å². The average Bonchev–Trinajstić information content (AvgIpc) is 3.03. The lowest BCUT2D eigenvalue weighted by molar-refractivity contribution is -0.148. The molecule has 0 saturated carbocycles. The van der Waals surface area contributed by atoms with E-state index >= 15 is 0 Å². The van der Waals surface area contributed by atoms with Crippen LogP contribution in [-0.2, 0) is 14.3 Å². The van der Waals surface area contributed by atoms with Gasteiger partial charge in [-0.05, 0) is 56.3 Å². The molecule has 1 amide bonds. The van der Waals surface area contributed by atoms with Gasteiger partial charge in [0.05, 0.1) is 17.1 Å². The molecule has 1 unspecified atom stereocenters. The minimum absolute atomic E-state index is 0.186. The summed E-state index contributed by atoms with van der Waals surface area (Å²) in [7, 11) is 0. The second kappa shape index (κ2) is 9.69. The first-order chi connectivity index (χ1) is 15.2. The van der Waals surface area contributed by atoms with Crippen LogP contribution in [-0.4, -0.2) is 27.8 Å². The van der Waals surface area contributed by atoms with Gasteiger partial charge in [0.2, 0.25) is 0 Å². The standard InChI is InChI=1S/C22H17ClF3N3O3/c1-12-17(21(23)29(28-12)16-6-3-14(24)4-7-16)8-10-20(30)32-13(2)22(31)27-19-11-15(25)5-9-18(19)26/h3-11,13H,1-2H3,(H,27,31)/b10-8+. The zero-order chi connectivity index (χ0) is 23.4. The van der Waals surface area contributed by atoms with Crippen molar-refractivity contribution in [2.45, 2.75) is 20.0 Å². The van der Waals surface area contributed by atoms with Gasteiger partial charge in [-0.3, -0.25) is 4.79 Å². The SMILES string of the molecule is Cc1nn(-c2ccc(F)cc2)c(Cl)c1/C=C/C(=O)OC(C)C(=O)Nc1cc(F)ccc1F. The molecule has 0 radical (unpaired) electrons. The van der Waals surface area contributed by atoms with E-state index in [0.29, 0.717) is 16.9 Å². The molecule has 0 spiro atoms. The molecule has 0 aliphatic rings. The molecule has 0 bridgehead atoms. The van der Waals surface area contributed by atoms with Crippen LogP contribution in [0.2, 0.25) is 5.15 Å². The van der Waals surface area contributed by atoms with E-state index in [4.69, 9.17) is 16.3 Å². The molecular formula is C22H17ClF3N3O3. The average molecular weight is 464 g/mol. The van der Waals surface area contributed by atoms with Crippen molar-refractivity contribution in [1.29, 1.82) is 0 Å². The minimum Gasteiger partial charge on any atom is -0.449 e. The molecule has 3 rings (SSSR count). The molecule has 0 aliphatic heterocycles. The molecule has 0 fully saturated rings. The quantitative estimate of drug-likeness (QED) is 0.419. The van der Waals surface area contributed by atoms with Crippen molar-refractivity contribution in [2.75, 3.05) is 5.32 Å². The van der Waals surface area contributed by atoms with E-state index in [0.717, 1.165) is 24.3 Å². The summed E-state index contributed by atoms with van der Waals surface area (Å²) in [4.78, 5) is 24.2. The first kappa shape index (κ1) is 23.1. The number of carbonyl (C=O) groups is 2. The van der Waals surface area contributed by atoms with Gasteiger partial charge in [-0.25, -0.2) is 22.6 Å². The summed E-state index contributed by atoms with van der Waals surface area (Å²) in [6, 6.07) is 8.10. The lowest BCUT2D eigenvalue weighted by Crippen LogP contribution is -2.29. The van der Waals surface area contributed by atoms with Crippen LogP contribution in [0.25, 0.3) is 11.8 Å². The highest BCUT2D eigenvalue weighted by Gasteiger charge is 2.19. The molecule has 10 heteroatoms. The van der Waals surface area contributed by atoms with Crippen LogP contribution in [0.15, 0.2) is 48.5 Å². The first-order valence-electron chi connectivity index (χ1n) is 9.31. The lowest BCUT2D eigenvalue weighted by atomic mass is 10.2. The summed E-state index contributed by atoms with van der Waals surface area (Å²) in [5.74, 6) is -3.67. The van der Waals surface area contributed by atoms with Crippen LogP contribution in [0.3, 0.4) is 0 Å². The van der Waals surface area contributed by atoms with Crippen molar-refractivity contribution in [1.82, 2.24) is 9.78 Å². The lowest BCUT2D eigenvalue weighted by Gasteiger charge is -2.12. The third-order valence-corrected chi connectivity index (χ3v) is 4.72. The van der Waals surface area contributed by atoms with Crippen LogP contribution in [0, 0.1) is 24.4 Å². The monoisotopic (exact) mass is 463 g/mol. The number of hydrogen-bond acceptors (Lipinski definition) is 4. The van der Waals surface area contributed by atoms with E-state index in [1.165, 1.54) is 41.9 Å². The maximum Gasteiger partial charge on any atom is 0.331 e. The van der Waals surface area contributed by atoms with E-state index in [1.54, 1.807) is 6.92 Å². The molecule has 0 saturated heterocycles. The summed E-state index contributed by atoms with van der Waals surface area (Å²) < 4.78 is 46.4. The van der Waals surface area contributed by atoms with Gasteiger partial charge in [-0.15, -0.1) is 0 Å². The molecular weight excluding hydrogens is 447 g/mol. The van der Waals surface area contributed by atoms with E-state index < -0.39 is 35.4 Å². The number of carbonyl (C=O) groups excluding carboxylic acids is 2. The summed E-state index contributed by atoms with van der Waals surface area (Å²) in [6.07, 6.45) is 1.13. The highest BCUT2D eigenvalue weighted by atomic mass is 35.5. The second-order valence-electron chi connectivity index (χ2n) is 6.70. The van der Waals surface area contributed by atoms with Gasteiger partial charge in [-0.1, -0.05) is 11.6 Å². The number of aromatic nitrogens is 2. The molecule has 32 heavy (non-hydrogen) atoms. The Balaban J connectivity index is 1.66. The number of nitrogens with one attached hydrogen (secondary N) is 1. The number of amides is 1. The van der Waals surface area contributed by atoms with Gasteiger partial charge in [0.15, 0.2) is 6.10 Å². The number of nitrogens with zero attached hydrogens (tertiary/aromatic N) is 2. The van der Waals surface area contributed by atoms with Crippen LogP contribution >= 0.6 is 11.6 Å². The normalized spacial score (nSPS) is 12.1. The van der Waals surface area contributed by atoms with Crippen molar-refractivity contribution in [2.24, 2.45) is 0 Å². The number of hydrogen-bond donors (Lipinski definition) is 1. The smallest absolute Gasteiger partial charge is 0.331 e. The van der Waals surface area contributed by atoms with Crippen molar-refractivity contribution in [3.05, 3.63) is 82.4 Å². The summed E-state index contributed by atoms with van der Waals surface area (Å²) in [6.45, 7) is 2.95. The number of rotatable bonds is 6. The Kier molecular flexibility index (Phi) is 6.99. The number of anilines is 1. The van der Waals surface area contributed by atoms with Crippen molar-refractivity contribution in [3.8, 4) is 5.69 Å². The topological polar surface area (TPSA) is 73.2 Å². The van der Waals surface area contributed by atoms with Crippen molar-refractivity contribution < 1.29 is 27.5 Å². The number of ether oxygens (including phenoxy) is 1. The molecule has 1 heterocycles. The molecule has 1 aromatic heterocycles. The predicted octanol–water partition coefficient (Wildman–Crippen LogP) is 4.84. The van der Waals surface area contributed by atoms with Crippen LogP contribution < -0.4 is 5.32 Å². The fourth-order valence-electron chi connectivity index (χ4n) is 2.70. The predicted molar refractivity (Wildman–Crippen MR) is 113 cm³/mol. The highest BCUT2D eigenvalue weighted by Crippen LogP contribution is 2.25. The number of aryl methyl sites for hydroxylation is 1. The van der Waals surface area contributed by atoms with Gasteiger partial charge in [0, 0.05) is 17.7 Å². The number of benzene rings is 2. The highest BCUT2D eigenvalue weighted by molar-refractivity contribution is 6.31. The Morgan fingerprint density at radius 2 is 1.78 bits per heavy atom. The van der Waals surface area contributed by atoms with Crippen molar-refractivity contribution in [3.63, 3.8) is 0 Å². The molecule has 3 aromatic rings. The zero-order valence-electron chi connectivity index (χ0n) is 16.9. The molecule has 6 nitrogen and oxygen atoms in total. The summed E-state index contributed by atoms with van der Waals surface area (Å²) in [5.41, 5.74) is 1.07. The van der Waals surface area contributed by atoms with Crippen LogP contribution in [0.1, 0.15) is 18.2 Å². The van der Waals surface area contributed by atoms with Crippen LogP contribution in [0.5, 0.6) is 0 Å². The van der Waals surface area contributed by atoms with E-state index in [9.17, 15) is 22.8 Å². The Bertz CT molecular complexity index is 1190. The third kappa shape index (κ3) is 5.36. The fourth-order valence-corrected chi connectivity index (χ4v) is 3.04. The Morgan fingerprint density at radius 1 is 1.12 bits per heavy atom. The second-order valence-corrected chi connectivity index (χ2v) is 7.06. The van der Waals surface area contributed by atoms with Gasteiger partial charge < -0.3 is 10.1 Å². The Morgan fingerprint density at radius 3 is 2.47 bits per heavy atom. The molecule has 1 atom stereocenters. The number of halogens is 4. The van der Waals surface area contributed by atoms with E-state index in [2.05, 4.69) is 10.4 Å². The first-order valence-corrected chi connectivity index (χ1v) is 9.69. The number of esters is 1. The maximum atomic E-state index is 13.6. The summed E-state index contributed by atoms with van der Waals surface area (Å²) in [5, 5.41) is 6.61. The van der Waals surface area contributed by atoms with Gasteiger partial charge in [0.25, 0.3) is 5.91 Å². The molecule has 0 aliphatic carbocycles.